The Hall–Kier alpha value is 0.279. The fraction of sp³-hybridized carbons (Fsp3) is 0.600. The Balaban J connectivity index is 2.77. The van der Waals surface area contributed by atoms with Crippen molar-refractivity contribution in [2.45, 2.75) is 38.0 Å². The van der Waals surface area contributed by atoms with E-state index in [4.69, 9.17) is 0 Å². The predicted molar refractivity (Wildman–Crippen MR) is 54.4 cm³/mol. The first-order chi connectivity index (χ1) is 5.33. The fourth-order valence-electron chi connectivity index (χ4n) is 1.91. The van der Waals surface area contributed by atoms with Crippen LogP contribution in [0.1, 0.15) is 33.6 Å². The normalized spacial score (nSPS) is 23.4. The van der Waals surface area contributed by atoms with Crippen molar-refractivity contribution in [1.82, 2.24) is 0 Å². The Labute approximate surface area is 77.1 Å². The molecule has 0 aromatic heterocycles. The van der Waals surface area contributed by atoms with Crippen LogP contribution in [0.2, 0.25) is 4.44 Å². The molecule has 1 atom stereocenters. The molecule has 0 amide bonds. The Morgan fingerprint density at radius 2 is 1.91 bits per heavy atom. The van der Waals surface area contributed by atoms with Crippen LogP contribution in [-0.2, 0) is 0 Å². The maximum atomic E-state index is 2.57. The summed E-state index contributed by atoms with van der Waals surface area (Å²) in [6.45, 7) is 6.95. The molecule has 0 fully saturated rings. The van der Waals surface area contributed by atoms with Crippen LogP contribution in [0.4, 0.5) is 0 Å². The summed E-state index contributed by atoms with van der Waals surface area (Å²) >= 11 is -1.22. The molecule has 1 unspecified atom stereocenters. The van der Waals surface area contributed by atoms with Crippen LogP contribution < -0.4 is 0 Å². The van der Waals surface area contributed by atoms with E-state index in [-0.39, 0.29) is 0 Å². The van der Waals surface area contributed by atoms with Crippen LogP contribution in [0.25, 0.3) is 0 Å². The first-order valence-electron chi connectivity index (χ1n) is 4.73. The zero-order chi connectivity index (χ0) is 8.27. The van der Waals surface area contributed by atoms with Gasteiger partial charge in [0.05, 0.1) is 0 Å². The van der Waals surface area contributed by atoms with E-state index in [1.807, 2.05) is 3.59 Å². The van der Waals surface area contributed by atoms with Gasteiger partial charge in [-0.15, -0.1) is 0 Å². The van der Waals surface area contributed by atoms with Crippen LogP contribution in [0.3, 0.4) is 0 Å². The zero-order valence-electron chi connectivity index (χ0n) is 7.85. The first kappa shape index (κ1) is 9.37. The second-order valence-electron chi connectivity index (χ2n) is 3.13. The maximum absolute atomic E-state index is 2.57. The van der Waals surface area contributed by atoms with E-state index in [9.17, 15) is 0 Å². The van der Waals surface area contributed by atoms with Gasteiger partial charge in [0.25, 0.3) is 0 Å². The molecule has 0 aromatic rings. The number of hydrogen-bond donors (Lipinski definition) is 0. The number of rotatable bonds is 3. The van der Waals surface area contributed by atoms with Gasteiger partial charge in [0.15, 0.2) is 0 Å². The summed E-state index contributed by atoms with van der Waals surface area (Å²) in [7, 11) is 0. The van der Waals surface area contributed by atoms with Crippen LogP contribution in [0, 0.1) is 0 Å². The van der Waals surface area contributed by atoms with E-state index >= 15 is 0 Å². The van der Waals surface area contributed by atoms with Gasteiger partial charge >= 0.3 is 77.1 Å². The van der Waals surface area contributed by atoms with Gasteiger partial charge in [-0.3, -0.25) is 0 Å². The van der Waals surface area contributed by atoms with Crippen LogP contribution in [0.15, 0.2) is 19.3 Å². The van der Waals surface area contributed by atoms with Crippen molar-refractivity contribution >= 4 is 19.8 Å². The molecule has 0 N–H and O–H groups in total. The second-order valence-corrected chi connectivity index (χ2v) is 12.0. The molecule has 0 spiro atoms. The average molecular weight is 257 g/mol. The van der Waals surface area contributed by atoms with E-state index in [0.29, 0.717) is 0 Å². The second kappa shape index (κ2) is 4.34. The van der Waals surface area contributed by atoms with E-state index in [2.05, 4.69) is 30.9 Å². The molecule has 1 heteroatoms. The zero-order valence-corrected chi connectivity index (χ0v) is 11.1. The third kappa shape index (κ3) is 1.90. The topological polar surface area (TPSA) is 0 Å². The third-order valence-electron chi connectivity index (χ3n) is 2.59. The average Bonchev–Trinajstić information content (AvgIpc) is 2.45. The molecule has 1 rings (SSSR count). The molecular formula is C10H18Sn. The molecule has 0 aliphatic carbocycles. The Bertz CT molecular complexity index is 189. The summed E-state index contributed by atoms with van der Waals surface area (Å²) in [4.78, 5) is 0. The first-order valence-corrected chi connectivity index (χ1v) is 10.6. The molecule has 0 saturated carbocycles. The number of allylic oxidation sites excluding steroid dienone is 3. The van der Waals surface area contributed by atoms with Gasteiger partial charge in [-0.25, -0.2) is 0 Å². The molecule has 0 bridgehead atoms. The third-order valence-corrected chi connectivity index (χ3v) is 11.8. The van der Waals surface area contributed by atoms with Gasteiger partial charge in [-0.1, -0.05) is 0 Å². The predicted octanol–water partition coefficient (Wildman–Crippen LogP) is 3.00. The number of hydrogen-bond acceptors (Lipinski definition) is 0. The van der Waals surface area contributed by atoms with Crippen molar-refractivity contribution in [3.63, 3.8) is 0 Å². The van der Waals surface area contributed by atoms with Crippen molar-refractivity contribution in [2.75, 3.05) is 0 Å². The Kier molecular flexibility index (Phi) is 3.70. The van der Waals surface area contributed by atoms with Crippen molar-refractivity contribution in [3.8, 4) is 0 Å². The SMILES string of the molecule is CCC1=[C](CC)[SnH]([CH2]C)[CH]=C1. The minimum absolute atomic E-state index is 1.22. The van der Waals surface area contributed by atoms with Crippen molar-refractivity contribution in [1.29, 1.82) is 0 Å². The van der Waals surface area contributed by atoms with Crippen LogP contribution >= 0.6 is 0 Å². The van der Waals surface area contributed by atoms with Crippen molar-refractivity contribution in [2.24, 2.45) is 0 Å². The minimum atomic E-state index is -1.22. The van der Waals surface area contributed by atoms with Gasteiger partial charge in [0, 0.05) is 0 Å². The standard InChI is InChI=1S/C8H12.C2H5.Sn.H/c1-4-7-8(5-2)6-3;1-2;;/h2,5H,4,6H2,1,3H3;1H2,2H3;;. The van der Waals surface area contributed by atoms with E-state index in [1.54, 1.807) is 5.57 Å². The summed E-state index contributed by atoms with van der Waals surface area (Å²) in [5, 5.41) is 0. The van der Waals surface area contributed by atoms with Gasteiger partial charge in [-0.2, -0.15) is 0 Å². The van der Waals surface area contributed by atoms with Crippen LogP contribution in [-0.4, -0.2) is 19.8 Å². The summed E-state index contributed by atoms with van der Waals surface area (Å²) in [5.74, 6) is 0. The van der Waals surface area contributed by atoms with Crippen molar-refractivity contribution in [3.05, 3.63) is 19.3 Å². The molecule has 11 heavy (non-hydrogen) atoms. The Morgan fingerprint density at radius 3 is 2.36 bits per heavy atom. The molecule has 62 valence electrons. The Morgan fingerprint density at radius 1 is 1.18 bits per heavy atom. The quantitative estimate of drug-likeness (QED) is 0.682. The van der Waals surface area contributed by atoms with Crippen LogP contribution in [0.5, 0.6) is 0 Å². The van der Waals surface area contributed by atoms with E-state index in [1.165, 1.54) is 17.3 Å². The molecule has 1 aliphatic heterocycles. The summed E-state index contributed by atoms with van der Waals surface area (Å²) < 4.78 is 5.93. The molecule has 0 saturated heterocycles. The van der Waals surface area contributed by atoms with E-state index in [0.717, 1.165) is 0 Å². The fourth-order valence-corrected chi connectivity index (χ4v) is 9.80. The molecule has 0 nitrogen and oxygen atoms in total. The van der Waals surface area contributed by atoms with Gasteiger partial charge < -0.3 is 0 Å². The molecule has 0 aromatic carbocycles. The van der Waals surface area contributed by atoms with Crippen molar-refractivity contribution < 1.29 is 0 Å². The van der Waals surface area contributed by atoms with Gasteiger partial charge in [0.2, 0.25) is 0 Å². The monoisotopic (exact) mass is 258 g/mol. The molecule has 0 radical (unpaired) electrons. The van der Waals surface area contributed by atoms with Gasteiger partial charge in [-0.05, 0) is 0 Å². The molecule has 1 aliphatic rings. The summed E-state index contributed by atoms with van der Waals surface area (Å²) in [5.41, 5.74) is 1.68. The summed E-state index contributed by atoms with van der Waals surface area (Å²) in [6.07, 6.45) is 4.99. The summed E-state index contributed by atoms with van der Waals surface area (Å²) in [6, 6.07) is 0. The molecule has 1 heterocycles. The van der Waals surface area contributed by atoms with Gasteiger partial charge in [0.1, 0.15) is 0 Å². The van der Waals surface area contributed by atoms with E-state index < -0.39 is 19.8 Å². The molecular weight excluding hydrogens is 239 g/mol.